The van der Waals surface area contributed by atoms with Crippen LogP contribution in [0.25, 0.3) is 0 Å². The number of nitrogens with zero attached hydrogens (tertiary/aromatic N) is 2. The van der Waals surface area contributed by atoms with E-state index in [9.17, 15) is 18.0 Å². The van der Waals surface area contributed by atoms with Crippen molar-refractivity contribution in [1.82, 2.24) is 10.2 Å². The number of ether oxygens (including phenoxy) is 1. The molecular formula is C30H34Cl3N3O5S. The Morgan fingerprint density at radius 3 is 2.10 bits per heavy atom. The number of methoxy groups -OCH3 is 1. The molecule has 0 aromatic heterocycles. The van der Waals surface area contributed by atoms with Crippen LogP contribution in [0.1, 0.15) is 39.2 Å². The lowest BCUT2D eigenvalue weighted by Gasteiger charge is -2.34. The van der Waals surface area contributed by atoms with Crippen molar-refractivity contribution in [3.05, 3.63) is 87.4 Å². The van der Waals surface area contributed by atoms with Gasteiger partial charge in [-0.3, -0.25) is 13.9 Å². The van der Waals surface area contributed by atoms with Gasteiger partial charge >= 0.3 is 0 Å². The topological polar surface area (TPSA) is 96.0 Å². The maximum absolute atomic E-state index is 14.2. The standard InChI is InChI=1S/C30H34Cl3N3O5S/c1-5-20(3)34-30(38)28(6-2)35(18-25-26(32)11-8-12-27(25)33)29(37)19-36(22-10-7-9-21(31)17-22)42(39,40)24-15-13-23(41-4)14-16-24/h7-17,20,28H,5-6,18-19H2,1-4H3,(H,34,38)/t20-,28-/m1/s1. The molecular weight excluding hydrogens is 621 g/mol. The number of hydrogen-bond acceptors (Lipinski definition) is 5. The lowest BCUT2D eigenvalue weighted by molar-refractivity contribution is -0.140. The average molecular weight is 655 g/mol. The minimum absolute atomic E-state index is 0.0571. The van der Waals surface area contributed by atoms with Crippen molar-refractivity contribution in [2.24, 2.45) is 0 Å². The van der Waals surface area contributed by atoms with Gasteiger partial charge in [-0.2, -0.15) is 0 Å². The summed E-state index contributed by atoms with van der Waals surface area (Å²) in [4.78, 5) is 28.8. The lowest BCUT2D eigenvalue weighted by atomic mass is 10.1. The average Bonchev–Trinajstić information content (AvgIpc) is 2.96. The smallest absolute Gasteiger partial charge is 0.264 e. The van der Waals surface area contributed by atoms with Crippen LogP contribution >= 0.6 is 34.8 Å². The fourth-order valence-corrected chi connectivity index (χ4v) is 6.36. The predicted octanol–water partition coefficient (Wildman–Crippen LogP) is 6.57. The summed E-state index contributed by atoms with van der Waals surface area (Å²) >= 11 is 19.1. The first-order valence-corrected chi connectivity index (χ1v) is 15.9. The zero-order valence-electron chi connectivity index (χ0n) is 23.8. The van der Waals surface area contributed by atoms with E-state index < -0.39 is 28.5 Å². The van der Waals surface area contributed by atoms with E-state index in [0.29, 0.717) is 27.8 Å². The minimum Gasteiger partial charge on any atom is -0.497 e. The third-order valence-electron chi connectivity index (χ3n) is 6.80. The van der Waals surface area contributed by atoms with Crippen LogP contribution in [0.4, 0.5) is 5.69 Å². The molecule has 0 saturated heterocycles. The molecule has 0 aliphatic heterocycles. The summed E-state index contributed by atoms with van der Waals surface area (Å²) in [6.07, 6.45) is 0.952. The van der Waals surface area contributed by atoms with Crippen LogP contribution in [0.15, 0.2) is 71.6 Å². The van der Waals surface area contributed by atoms with Crippen LogP contribution in [-0.2, 0) is 26.2 Å². The van der Waals surface area contributed by atoms with Crippen molar-refractivity contribution in [3.8, 4) is 5.75 Å². The number of carbonyl (C=O) groups excluding carboxylic acids is 2. The van der Waals surface area contributed by atoms with Gasteiger partial charge < -0.3 is 15.0 Å². The van der Waals surface area contributed by atoms with Gasteiger partial charge in [0.15, 0.2) is 0 Å². The maximum Gasteiger partial charge on any atom is 0.264 e. The van der Waals surface area contributed by atoms with Crippen molar-refractivity contribution < 1.29 is 22.7 Å². The second-order valence-corrected chi connectivity index (χ2v) is 12.7. The highest BCUT2D eigenvalue weighted by atomic mass is 35.5. The molecule has 0 fully saturated rings. The Bertz CT molecular complexity index is 1480. The van der Waals surface area contributed by atoms with E-state index in [4.69, 9.17) is 39.5 Å². The van der Waals surface area contributed by atoms with E-state index >= 15 is 0 Å². The lowest BCUT2D eigenvalue weighted by Crippen LogP contribution is -2.53. The van der Waals surface area contributed by atoms with Gasteiger partial charge in [0.05, 0.1) is 17.7 Å². The Balaban J connectivity index is 2.10. The van der Waals surface area contributed by atoms with E-state index in [0.717, 1.165) is 4.31 Å². The summed E-state index contributed by atoms with van der Waals surface area (Å²) in [5.74, 6) is -0.523. The van der Waals surface area contributed by atoms with E-state index in [1.807, 2.05) is 13.8 Å². The fourth-order valence-electron chi connectivity index (χ4n) is 4.25. The highest BCUT2D eigenvalue weighted by Gasteiger charge is 2.34. The number of nitrogens with one attached hydrogen (secondary N) is 1. The fraction of sp³-hybridized carbons (Fsp3) is 0.333. The Kier molecular flexibility index (Phi) is 11.9. The number of anilines is 1. The molecule has 226 valence electrons. The number of benzene rings is 3. The van der Waals surface area contributed by atoms with E-state index in [-0.39, 0.29) is 40.5 Å². The van der Waals surface area contributed by atoms with Crippen molar-refractivity contribution in [3.63, 3.8) is 0 Å². The molecule has 12 heteroatoms. The third-order valence-corrected chi connectivity index (χ3v) is 9.53. The Labute approximate surface area is 262 Å². The van der Waals surface area contributed by atoms with Gasteiger partial charge in [0, 0.05) is 33.2 Å². The summed E-state index contributed by atoms with van der Waals surface area (Å²) in [7, 11) is -2.80. The van der Waals surface area contributed by atoms with Crippen molar-refractivity contribution in [2.45, 2.75) is 57.1 Å². The van der Waals surface area contributed by atoms with E-state index in [2.05, 4.69) is 5.32 Å². The van der Waals surface area contributed by atoms with Crippen LogP contribution in [0.3, 0.4) is 0 Å². The molecule has 2 amide bonds. The van der Waals surface area contributed by atoms with Crippen LogP contribution < -0.4 is 14.4 Å². The summed E-state index contributed by atoms with van der Waals surface area (Å²) < 4.78 is 34.1. The van der Waals surface area contributed by atoms with E-state index in [1.165, 1.54) is 42.3 Å². The quantitative estimate of drug-likeness (QED) is 0.225. The van der Waals surface area contributed by atoms with Crippen molar-refractivity contribution >= 4 is 62.3 Å². The molecule has 3 aromatic carbocycles. The maximum atomic E-state index is 14.2. The molecule has 0 radical (unpaired) electrons. The molecule has 0 aliphatic rings. The SMILES string of the molecule is CC[C@@H](C)NC(=O)[C@@H](CC)N(Cc1c(Cl)cccc1Cl)C(=O)CN(c1cccc(Cl)c1)S(=O)(=O)c1ccc(OC)cc1. The molecule has 0 aliphatic carbocycles. The molecule has 0 bridgehead atoms. The molecule has 3 aromatic rings. The number of sulfonamides is 1. The first-order valence-electron chi connectivity index (χ1n) is 13.4. The van der Waals surface area contributed by atoms with Crippen LogP contribution in [0.5, 0.6) is 5.75 Å². The molecule has 42 heavy (non-hydrogen) atoms. The first kappa shape index (κ1) is 33.5. The molecule has 1 N–H and O–H groups in total. The van der Waals surface area contributed by atoms with Gasteiger partial charge in [-0.05, 0) is 74.4 Å². The molecule has 2 atom stereocenters. The van der Waals surface area contributed by atoms with Gasteiger partial charge in [-0.25, -0.2) is 8.42 Å². The molecule has 0 unspecified atom stereocenters. The number of amides is 2. The molecule has 0 heterocycles. The largest absolute Gasteiger partial charge is 0.497 e. The van der Waals surface area contributed by atoms with Gasteiger partial charge in [0.1, 0.15) is 18.3 Å². The normalized spacial score (nSPS) is 12.7. The number of carbonyl (C=O) groups is 2. The third kappa shape index (κ3) is 8.10. The number of halogens is 3. The summed E-state index contributed by atoms with van der Waals surface area (Å²) in [5.41, 5.74) is 0.621. The molecule has 0 spiro atoms. The van der Waals surface area contributed by atoms with E-state index in [1.54, 1.807) is 43.3 Å². The van der Waals surface area contributed by atoms with Gasteiger partial charge in [-0.15, -0.1) is 0 Å². The molecule has 3 rings (SSSR count). The van der Waals surface area contributed by atoms with Gasteiger partial charge in [-0.1, -0.05) is 60.8 Å². The first-order chi connectivity index (χ1) is 19.9. The Morgan fingerprint density at radius 2 is 1.55 bits per heavy atom. The zero-order valence-corrected chi connectivity index (χ0v) is 26.9. The summed E-state index contributed by atoms with van der Waals surface area (Å²) in [5, 5.41) is 3.85. The monoisotopic (exact) mass is 653 g/mol. The zero-order chi connectivity index (χ0) is 31.0. The van der Waals surface area contributed by atoms with Crippen LogP contribution in [0, 0.1) is 0 Å². The van der Waals surface area contributed by atoms with Gasteiger partial charge in [0.2, 0.25) is 11.8 Å². The second kappa shape index (κ2) is 15.0. The molecule has 0 saturated carbocycles. The number of rotatable bonds is 13. The Morgan fingerprint density at radius 1 is 0.929 bits per heavy atom. The van der Waals surface area contributed by atoms with Crippen LogP contribution in [-0.4, -0.2) is 50.9 Å². The summed E-state index contributed by atoms with van der Waals surface area (Å²) in [6, 6.07) is 15.9. The highest BCUT2D eigenvalue weighted by molar-refractivity contribution is 7.92. The van der Waals surface area contributed by atoms with Crippen molar-refractivity contribution in [1.29, 1.82) is 0 Å². The van der Waals surface area contributed by atoms with Gasteiger partial charge in [0.25, 0.3) is 10.0 Å². The van der Waals surface area contributed by atoms with Crippen molar-refractivity contribution in [2.75, 3.05) is 18.0 Å². The summed E-state index contributed by atoms with van der Waals surface area (Å²) in [6.45, 7) is 4.84. The molecule has 8 nitrogen and oxygen atoms in total. The highest BCUT2D eigenvalue weighted by Crippen LogP contribution is 2.30. The second-order valence-electron chi connectivity index (χ2n) is 9.63. The predicted molar refractivity (Wildman–Crippen MR) is 168 cm³/mol. The van der Waals surface area contributed by atoms with Crippen LogP contribution in [0.2, 0.25) is 15.1 Å². The minimum atomic E-state index is -4.27. The number of hydrogen-bond donors (Lipinski definition) is 1. The Hall–Kier alpha value is -2.98.